The van der Waals surface area contributed by atoms with Gasteiger partial charge < -0.3 is 26.2 Å². The molecule has 0 aromatic carbocycles. The largest absolute Gasteiger partial charge is 0.356 e. The molecule has 73 heavy (non-hydrogen) atoms. The maximum atomic E-state index is 12.9. The van der Waals surface area contributed by atoms with Crippen LogP contribution in [0, 0.1) is 0 Å². The topological polar surface area (TPSA) is 103 Å². The number of nitrogens with one attached hydrogen (secondary N) is 4. The molecule has 0 aliphatic rings. The minimum absolute atomic E-state index is 0.145. The highest BCUT2D eigenvalue weighted by molar-refractivity contribution is 5.76. The highest BCUT2D eigenvalue weighted by Gasteiger charge is 2.11. The second-order valence-corrected chi connectivity index (χ2v) is 22.8. The highest BCUT2D eigenvalue weighted by Crippen LogP contribution is 2.16. The van der Waals surface area contributed by atoms with E-state index in [2.05, 4.69) is 46.9 Å². The smallest absolute Gasteiger partial charge is 0.221 e. The first-order chi connectivity index (χ1) is 36.0. The van der Waals surface area contributed by atoms with E-state index in [1.54, 1.807) is 0 Å². The zero-order valence-electron chi connectivity index (χ0n) is 49.9. The molecule has 0 saturated carbocycles. The van der Waals surface area contributed by atoms with Crippen LogP contribution in [0.15, 0.2) is 0 Å². The molecule has 4 N–H and O–H groups in total. The molecule has 434 valence electrons. The Bertz CT molecular complexity index is 1060. The summed E-state index contributed by atoms with van der Waals surface area (Å²) in [5.41, 5.74) is 0. The van der Waals surface area contributed by atoms with Gasteiger partial charge in [0.2, 0.25) is 17.7 Å². The summed E-state index contributed by atoms with van der Waals surface area (Å²) in [5, 5.41) is 13.1. The van der Waals surface area contributed by atoms with Crippen LogP contribution in [-0.4, -0.2) is 75.0 Å². The lowest BCUT2D eigenvalue weighted by Crippen LogP contribution is -2.35. The Morgan fingerprint density at radius 1 is 0.233 bits per heavy atom. The van der Waals surface area contributed by atoms with Crippen molar-refractivity contribution < 1.29 is 14.4 Å². The molecule has 0 unspecified atom stereocenters. The third-order valence-corrected chi connectivity index (χ3v) is 15.5. The summed E-state index contributed by atoms with van der Waals surface area (Å²) in [7, 11) is 0. The molecule has 3 amide bonds. The van der Waals surface area contributed by atoms with Crippen molar-refractivity contribution in [2.45, 2.75) is 348 Å². The van der Waals surface area contributed by atoms with Crippen LogP contribution < -0.4 is 21.3 Å². The van der Waals surface area contributed by atoms with E-state index in [9.17, 15) is 14.4 Å². The zero-order valence-corrected chi connectivity index (χ0v) is 49.9. The van der Waals surface area contributed by atoms with E-state index in [1.807, 2.05) is 0 Å². The second kappa shape index (κ2) is 62.9. The Hall–Kier alpha value is -1.67. The van der Waals surface area contributed by atoms with Crippen molar-refractivity contribution in [1.82, 2.24) is 26.2 Å². The quantitative estimate of drug-likeness (QED) is 0.0455. The Kier molecular flexibility index (Phi) is 61.4. The standard InChI is InChI=1S/C65H131N5O3/c1-4-7-10-13-16-19-22-25-28-31-34-37-40-48-57-67-63(71)52-45-43-46-55-66-56-47-44-51-60-70(61-53-64(72)68-58-49-41-38-35-32-29-26-23-20-17-14-11-8-5-2)62-54-65(73)69-59-50-42-39-36-33-30-27-24-21-18-15-12-9-6-3/h66H,4-62H2,1-3H3,(H,67,71)(H,68,72)(H,69,73). The van der Waals surface area contributed by atoms with Crippen LogP contribution in [-0.2, 0) is 14.4 Å². The molecule has 0 aliphatic carbocycles. The summed E-state index contributed by atoms with van der Waals surface area (Å²) in [6.45, 7) is 13.6. The molecule has 0 saturated heterocycles. The molecule has 0 aromatic heterocycles. The average molecular weight is 1030 g/mol. The monoisotopic (exact) mass is 1030 g/mol. The normalized spacial score (nSPS) is 11.5. The van der Waals surface area contributed by atoms with Crippen LogP contribution in [0.5, 0.6) is 0 Å². The van der Waals surface area contributed by atoms with Gasteiger partial charge in [-0.25, -0.2) is 0 Å². The zero-order chi connectivity index (χ0) is 52.9. The van der Waals surface area contributed by atoms with Crippen molar-refractivity contribution in [2.24, 2.45) is 0 Å². The van der Waals surface area contributed by atoms with Crippen molar-refractivity contribution in [1.29, 1.82) is 0 Å². The first-order valence-electron chi connectivity index (χ1n) is 33.3. The van der Waals surface area contributed by atoms with Gasteiger partial charge >= 0.3 is 0 Å². The van der Waals surface area contributed by atoms with Gasteiger partial charge in [-0.1, -0.05) is 284 Å². The lowest BCUT2D eigenvalue weighted by atomic mass is 10.0. The molecular formula is C65H131N5O3. The van der Waals surface area contributed by atoms with Crippen LogP contribution in [0.3, 0.4) is 0 Å². The van der Waals surface area contributed by atoms with Crippen LogP contribution in [0.25, 0.3) is 0 Å². The first kappa shape index (κ1) is 71.3. The second-order valence-electron chi connectivity index (χ2n) is 22.8. The van der Waals surface area contributed by atoms with E-state index in [4.69, 9.17) is 0 Å². The van der Waals surface area contributed by atoms with Crippen molar-refractivity contribution in [3.8, 4) is 0 Å². The molecular weight excluding hydrogens is 899 g/mol. The molecule has 0 rings (SSSR count). The number of carbonyl (C=O) groups excluding carboxylic acids is 3. The van der Waals surface area contributed by atoms with E-state index in [0.29, 0.717) is 32.4 Å². The minimum Gasteiger partial charge on any atom is -0.356 e. The fourth-order valence-corrected chi connectivity index (χ4v) is 10.4. The minimum atomic E-state index is 0.145. The van der Waals surface area contributed by atoms with Gasteiger partial charge in [-0.2, -0.15) is 0 Å². The third kappa shape index (κ3) is 61.1. The lowest BCUT2D eigenvalue weighted by molar-refractivity contribution is -0.122. The van der Waals surface area contributed by atoms with Gasteiger partial charge in [-0.3, -0.25) is 14.4 Å². The Morgan fingerprint density at radius 2 is 0.452 bits per heavy atom. The van der Waals surface area contributed by atoms with Crippen LogP contribution in [0.4, 0.5) is 0 Å². The number of nitrogens with zero attached hydrogens (tertiary/aromatic N) is 1. The molecule has 0 aromatic rings. The molecule has 0 spiro atoms. The Balaban J connectivity index is 4.17. The fraction of sp³-hybridized carbons (Fsp3) is 0.954. The van der Waals surface area contributed by atoms with Crippen LogP contribution >= 0.6 is 0 Å². The predicted molar refractivity (Wildman–Crippen MR) is 321 cm³/mol. The van der Waals surface area contributed by atoms with Crippen molar-refractivity contribution in [3.63, 3.8) is 0 Å². The lowest BCUT2D eigenvalue weighted by Gasteiger charge is -2.22. The summed E-state index contributed by atoms with van der Waals surface area (Å²) in [6, 6.07) is 0. The van der Waals surface area contributed by atoms with Gasteiger partial charge in [0.05, 0.1) is 0 Å². The number of carbonyl (C=O) groups is 3. The summed E-state index contributed by atoms with van der Waals surface area (Å²) in [4.78, 5) is 40.4. The number of rotatable bonds is 63. The van der Waals surface area contributed by atoms with Crippen molar-refractivity contribution in [3.05, 3.63) is 0 Å². The summed E-state index contributed by atoms with van der Waals surface area (Å²) in [6.07, 6.45) is 64.8. The third-order valence-electron chi connectivity index (χ3n) is 15.5. The molecule has 0 aliphatic heterocycles. The van der Waals surface area contributed by atoms with E-state index in [1.165, 1.54) is 250 Å². The highest BCUT2D eigenvalue weighted by atomic mass is 16.2. The number of hydrogen-bond donors (Lipinski definition) is 4. The first-order valence-corrected chi connectivity index (χ1v) is 33.3. The average Bonchev–Trinajstić information content (AvgIpc) is 3.39. The molecule has 0 radical (unpaired) electrons. The fourth-order valence-electron chi connectivity index (χ4n) is 10.4. The van der Waals surface area contributed by atoms with E-state index in [0.717, 1.165) is 97.1 Å². The number of unbranched alkanes of at least 4 members (excludes halogenated alkanes) is 43. The number of hydrogen-bond acceptors (Lipinski definition) is 5. The Labute approximate surface area is 457 Å². The van der Waals surface area contributed by atoms with Crippen LogP contribution in [0.1, 0.15) is 348 Å². The van der Waals surface area contributed by atoms with E-state index in [-0.39, 0.29) is 17.7 Å². The molecule has 8 heteroatoms. The molecule has 0 atom stereocenters. The maximum Gasteiger partial charge on any atom is 0.221 e. The molecule has 0 heterocycles. The van der Waals surface area contributed by atoms with Crippen LogP contribution in [0.2, 0.25) is 0 Å². The van der Waals surface area contributed by atoms with Gasteiger partial charge in [0.1, 0.15) is 0 Å². The Morgan fingerprint density at radius 3 is 0.740 bits per heavy atom. The van der Waals surface area contributed by atoms with E-state index >= 15 is 0 Å². The van der Waals surface area contributed by atoms with Crippen molar-refractivity contribution >= 4 is 17.7 Å². The maximum absolute atomic E-state index is 12.9. The number of amides is 3. The summed E-state index contributed by atoms with van der Waals surface area (Å²) in [5.74, 6) is 0.511. The van der Waals surface area contributed by atoms with Gasteiger partial charge in [0, 0.05) is 52.0 Å². The summed E-state index contributed by atoms with van der Waals surface area (Å²) >= 11 is 0. The van der Waals surface area contributed by atoms with E-state index < -0.39 is 0 Å². The van der Waals surface area contributed by atoms with Gasteiger partial charge in [-0.15, -0.1) is 0 Å². The van der Waals surface area contributed by atoms with Gasteiger partial charge in [-0.05, 0) is 64.6 Å². The predicted octanol–water partition coefficient (Wildman–Crippen LogP) is 18.2. The van der Waals surface area contributed by atoms with Crippen molar-refractivity contribution in [2.75, 3.05) is 52.4 Å². The molecule has 0 bridgehead atoms. The SMILES string of the molecule is CCCCCCCCCCCCCCCCNC(=O)CCCCCNCCCCCN(CCC(=O)NCCCCCCCCCCCCCCCC)CCC(=O)NCCCCCCCCCCCCCCCC. The molecule has 8 nitrogen and oxygen atoms in total. The van der Waals surface area contributed by atoms with Gasteiger partial charge in [0.25, 0.3) is 0 Å². The van der Waals surface area contributed by atoms with Gasteiger partial charge in [0.15, 0.2) is 0 Å². The summed E-state index contributed by atoms with van der Waals surface area (Å²) < 4.78 is 0. The molecule has 0 fully saturated rings.